The van der Waals surface area contributed by atoms with Crippen LogP contribution >= 0.6 is 11.7 Å². The van der Waals surface area contributed by atoms with E-state index in [0.29, 0.717) is 6.29 Å². The van der Waals surface area contributed by atoms with Crippen LogP contribution in [0.3, 0.4) is 0 Å². The van der Waals surface area contributed by atoms with Crippen LogP contribution in [0.2, 0.25) is 0 Å². The van der Waals surface area contributed by atoms with Crippen molar-refractivity contribution in [2.75, 3.05) is 0 Å². The van der Waals surface area contributed by atoms with Gasteiger partial charge in [0, 0.05) is 0 Å². The SMILES string of the molecule is C#CC=O.O=S(=O)(O)S.[NaH]. The van der Waals surface area contributed by atoms with Gasteiger partial charge in [0.1, 0.15) is 0 Å². The van der Waals surface area contributed by atoms with Gasteiger partial charge in [-0.15, -0.1) is 6.42 Å². The average molecular weight is 192 g/mol. The first-order chi connectivity index (χ1) is 3.91. The second-order valence-electron chi connectivity index (χ2n) is 0.732. The number of rotatable bonds is 0. The van der Waals surface area contributed by atoms with Crippen molar-refractivity contribution < 1.29 is 17.8 Å². The van der Waals surface area contributed by atoms with Gasteiger partial charge < -0.3 is 0 Å². The Hall–Kier alpha value is 0.490. The molecule has 0 aromatic carbocycles. The third kappa shape index (κ3) is 215. The van der Waals surface area contributed by atoms with Crippen LogP contribution < -0.4 is 0 Å². The Morgan fingerprint density at radius 3 is 1.70 bits per heavy atom. The predicted molar refractivity (Wildman–Crippen MR) is 42.6 cm³/mol. The zero-order valence-electron chi connectivity index (χ0n) is 4.18. The van der Waals surface area contributed by atoms with Gasteiger partial charge in [-0.05, 0) is 17.6 Å². The molecular weight excluding hydrogens is 187 g/mol. The van der Waals surface area contributed by atoms with Gasteiger partial charge in [0.05, 0.1) is 0 Å². The summed E-state index contributed by atoms with van der Waals surface area (Å²) in [5.74, 6) is 1.75. The fourth-order valence-corrected chi connectivity index (χ4v) is 0. The van der Waals surface area contributed by atoms with Crippen molar-refractivity contribution in [2.45, 2.75) is 0 Å². The van der Waals surface area contributed by atoms with E-state index in [1.54, 1.807) is 5.92 Å². The molecule has 0 rings (SSSR count). The van der Waals surface area contributed by atoms with Gasteiger partial charge in [0.2, 0.25) is 0 Å². The van der Waals surface area contributed by atoms with Gasteiger partial charge in [-0.3, -0.25) is 9.35 Å². The number of hydrogen-bond donors (Lipinski definition) is 2. The Balaban J connectivity index is -0.0000000910. The van der Waals surface area contributed by atoms with E-state index in [9.17, 15) is 0 Å². The predicted octanol–water partition coefficient (Wildman–Crippen LogP) is -1.11. The van der Waals surface area contributed by atoms with E-state index in [2.05, 4.69) is 18.1 Å². The molecule has 0 aliphatic rings. The molecule has 54 valence electrons. The molecular formula is C3H5NaO4S2. The number of carbonyl (C=O) groups excluding carboxylic acids is 1. The normalized spacial score (nSPS) is 7.30. The maximum absolute atomic E-state index is 9.05. The molecule has 0 saturated heterocycles. The molecule has 0 unspecified atom stereocenters. The van der Waals surface area contributed by atoms with Gasteiger partial charge in [-0.2, -0.15) is 8.42 Å². The van der Waals surface area contributed by atoms with Gasteiger partial charge in [0.25, 0.3) is 0 Å². The number of thiol groups is 1. The van der Waals surface area contributed by atoms with Crippen LogP contribution in [0.15, 0.2) is 0 Å². The summed E-state index contributed by atoms with van der Waals surface area (Å²) in [6.45, 7) is 0. The second-order valence-corrected chi connectivity index (χ2v) is 3.01. The van der Waals surface area contributed by atoms with Crippen LogP contribution in [0.25, 0.3) is 0 Å². The molecule has 0 aromatic rings. The zero-order chi connectivity index (χ0) is 7.91. The molecule has 0 aliphatic carbocycles. The van der Waals surface area contributed by atoms with E-state index < -0.39 is 9.15 Å². The number of carbonyl (C=O) groups is 1. The molecule has 0 fully saturated rings. The van der Waals surface area contributed by atoms with Crippen LogP contribution in [0.4, 0.5) is 0 Å². The van der Waals surface area contributed by atoms with Crippen molar-refractivity contribution in [2.24, 2.45) is 0 Å². The van der Waals surface area contributed by atoms with Crippen LogP contribution in [-0.2, 0) is 13.9 Å². The van der Waals surface area contributed by atoms with Crippen molar-refractivity contribution in [3.63, 3.8) is 0 Å². The molecule has 7 heteroatoms. The molecule has 0 bridgehead atoms. The molecule has 1 N–H and O–H groups in total. The van der Waals surface area contributed by atoms with E-state index >= 15 is 0 Å². The number of aldehydes is 1. The van der Waals surface area contributed by atoms with Crippen LogP contribution in [0, 0.1) is 12.3 Å². The Morgan fingerprint density at radius 2 is 1.70 bits per heavy atom. The van der Waals surface area contributed by atoms with Crippen LogP contribution in [0.1, 0.15) is 0 Å². The summed E-state index contributed by atoms with van der Waals surface area (Å²) < 4.78 is 25.5. The summed E-state index contributed by atoms with van der Waals surface area (Å²) >= 11 is 2.65. The number of terminal acetylenes is 1. The summed E-state index contributed by atoms with van der Waals surface area (Å²) in [7, 11) is -3.97. The Labute approximate surface area is 86.2 Å². The van der Waals surface area contributed by atoms with Gasteiger partial charge in [-0.1, -0.05) is 0 Å². The third-order valence-electron chi connectivity index (χ3n) is 0.0680. The average Bonchev–Trinajstić information content (AvgIpc) is 1.61. The minimum atomic E-state index is -3.97. The fourth-order valence-electron chi connectivity index (χ4n) is 0. The zero-order valence-corrected chi connectivity index (χ0v) is 5.89. The molecule has 0 aliphatic heterocycles. The van der Waals surface area contributed by atoms with Crippen molar-refractivity contribution in [1.29, 1.82) is 0 Å². The van der Waals surface area contributed by atoms with Crippen molar-refractivity contribution in [3.8, 4) is 12.3 Å². The molecule has 0 heterocycles. The quantitative estimate of drug-likeness (QED) is 0.127. The third-order valence-corrected chi connectivity index (χ3v) is 0.0680. The molecule has 10 heavy (non-hydrogen) atoms. The molecule has 0 saturated carbocycles. The summed E-state index contributed by atoms with van der Waals surface area (Å²) in [5, 5.41) is 0. The van der Waals surface area contributed by atoms with E-state index in [0.717, 1.165) is 0 Å². The standard InChI is InChI=1S/C3H2O.Na.H2O3S2.H/c1-2-3-4;;1-5(2,3)4;/h1,3H;;(H2,1,2,3,4);. The monoisotopic (exact) mass is 192 g/mol. The molecule has 0 aromatic heterocycles. The molecule has 0 atom stereocenters. The Kier molecular flexibility index (Phi) is 16.0. The molecule has 0 spiro atoms. The summed E-state index contributed by atoms with van der Waals surface area (Å²) in [4.78, 5) is 8.94. The summed E-state index contributed by atoms with van der Waals surface area (Å²) in [6, 6.07) is 0. The second kappa shape index (κ2) is 9.49. The first-order valence-electron chi connectivity index (χ1n) is 1.51. The minimum absolute atomic E-state index is 0. The van der Waals surface area contributed by atoms with Gasteiger partial charge in [0.15, 0.2) is 6.29 Å². The Bertz CT molecular complexity index is 193. The molecule has 4 nitrogen and oxygen atoms in total. The van der Waals surface area contributed by atoms with Gasteiger partial charge in [-0.25, -0.2) is 0 Å². The first kappa shape index (κ1) is 16.8. The number of hydrogen-bond acceptors (Lipinski definition) is 3. The van der Waals surface area contributed by atoms with E-state index in [1.165, 1.54) is 0 Å². The molecule has 0 radical (unpaired) electrons. The van der Waals surface area contributed by atoms with Crippen molar-refractivity contribution in [1.82, 2.24) is 0 Å². The summed E-state index contributed by atoms with van der Waals surface area (Å²) in [6.07, 6.45) is 4.81. The maximum atomic E-state index is 9.05. The topological polar surface area (TPSA) is 71.4 Å². The van der Waals surface area contributed by atoms with Crippen LogP contribution in [-0.4, -0.2) is 48.8 Å². The van der Waals surface area contributed by atoms with E-state index in [-0.39, 0.29) is 29.6 Å². The fraction of sp³-hybridized carbons (Fsp3) is 0. The van der Waals surface area contributed by atoms with E-state index in [1.807, 2.05) is 0 Å². The Morgan fingerprint density at radius 1 is 1.60 bits per heavy atom. The van der Waals surface area contributed by atoms with Crippen molar-refractivity contribution >= 4 is 56.7 Å². The van der Waals surface area contributed by atoms with E-state index in [4.69, 9.17) is 17.8 Å². The summed E-state index contributed by atoms with van der Waals surface area (Å²) in [5.41, 5.74) is 0. The van der Waals surface area contributed by atoms with Crippen LogP contribution in [0.5, 0.6) is 0 Å². The van der Waals surface area contributed by atoms with Gasteiger partial charge >= 0.3 is 38.7 Å². The first-order valence-corrected chi connectivity index (χ1v) is 4.00. The molecule has 0 amide bonds. The van der Waals surface area contributed by atoms with Crippen molar-refractivity contribution in [3.05, 3.63) is 0 Å².